The number of hydrogen-bond acceptors (Lipinski definition) is 5. The lowest BCUT2D eigenvalue weighted by Crippen LogP contribution is -2.67. The zero-order chi connectivity index (χ0) is 24.4. The molecule has 6 nitrogen and oxygen atoms in total. The minimum atomic E-state index is -2.92. The van der Waals surface area contributed by atoms with Crippen LogP contribution in [0, 0.1) is 0 Å². The molecule has 176 valence electrons. The Bertz CT molecular complexity index is 969. The van der Waals surface area contributed by atoms with Crippen LogP contribution in [0.5, 0.6) is 0 Å². The predicted molar refractivity (Wildman–Crippen MR) is 130 cm³/mol. The van der Waals surface area contributed by atoms with Crippen LogP contribution in [0.3, 0.4) is 0 Å². The molecule has 0 aromatic heterocycles. The number of nitrogens with zero attached hydrogens (tertiary/aromatic N) is 1. The summed E-state index contributed by atoms with van der Waals surface area (Å²) < 4.78 is 12.2. The zero-order valence-electron chi connectivity index (χ0n) is 20.3. The fourth-order valence-corrected chi connectivity index (χ4v) is 8.91. The number of likely N-dealkylation sites (tertiary alicyclic amines) is 1. The molecular formula is C26H33NO5Si. The number of carbonyl (C=O) groups excluding carboxylic acids is 3. The van der Waals surface area contributed by atoms with Crippen molar-refractivity contribution in [1.82, 2.24) is 4.90 Å². The molecule has 0 aliphatic carbocycles. The molecule has 1 aliphatic rings. The minimum absolute atomic E-state index is 0.0723. The van der Waals surface area contributed by atoms with E-state index in [-0.39, 0.29) is 23.8 Å². The molecule has 33 heavy (non-hydrogen) atoms. The minimum Gasteiger partial charge on any atom is -0.443 e. The van der Waals surface area contributed by atoms with Crippen molar-refractivity contribution in [3.63, 3.8) is 0 Å². The Morgan fingerprint density at radius 1 is 0.909 bits per heavy atom. The molecule has 1 atom stereocenters. The molecule has 2 aromatic carbocycles. The van der Waals surface area contributed by atoms with Gasteiger partial charge >= 0.3 is 6.09 Å². The number of amides is 2. The third kappa shape index (κ3) is 5.09. The Morgan fingerprint density at radius 2 is 1.39 bits per heavy atom. The standard InChI is InChI=1S/C26H33NO5Si/c1-25(2,3)32-24(30)27-21(22(28)17-23(27)29)18-31-33(26(4,5)6,19-13-9-7-10-14-19)20-15-11-8-12-16-20/h7-16,21H,17-18H2,1-6H3/t21-/m1/s1. The second kappa shape index (κ2) is 9.23. The highest BCUT2D eigenvalue weighted by Crippen LogP contribution is 2.37. The molecule has 0 saturated carbocycles. The van der Waals surface area contributed by atoms with E-state index in [0.717, 1.165) is 15.3 Å². The van der Waals surface area contributed by atoms with E-state index >= 15 is 0 Å². The van der Waals surface area contributed by atoms with Crippen molar-refractivity contribution in [3.8, 4) is 0 Å². The normalized spacial score (nSPS) is 17.4. The lowest BCUT2D eigenvalue weighted by molar-refractivity contribution is -0.128. The van der Waals surface area contributed by atoms with Crippen LogP contribution in [0.1, 0.15) is 48.0 Å². The average Bonchev–Trinajstić information content (AvgIpc) is 3.01. The first-order valence-corrected chi connectivity index (χ1v) is 13.1. The third-order valence-corrected chi connectivity index (χ3v) is 10.7. The Kier molecular flexibility index (Phi) is 6.95. The molecule has 1 heterocycles. The van der Waals surface area contributed by atoms with Crippen molar-refractivity contribution in [1.29, 1.82) is 0 Å². The summed E-state index contributed by atoms with van der Waals surface area (Å²) in [4.78, 5) is 39.0. The Labute approximate surface area is 197 Å². The number of Topliss-reactive ketones (excluding diaryl/α,β-unsaturated/α-hetero) is 1. The van der Waals surface area contributed by atoms with Crippen LogP contribution in [0.15, 0.2) is 60.7 Å². The zero-order valence-corrected chi connectivity index (χ0v) is 21.3. The van der Waals surface area contributed by atoms with Crippen LogP contribution >= 0.6 is 0 Å². The first-order chi connectivity index (χ1) is 15.4. The molecule has 0 spiro atoms. The number of carbonyl (C=O) groups is 3. The van der Waals surface area contributed by atoms with E-state index in [1.807, 2.05) is 36.4 Å². The van der Waals surface area contributed by atoms with Crippen molar-refractivity contribution in [2.24, 2.45) is 0 Å². The first kappa shape index (κ1) is 24.9. The molecule has 0 N–H and O–H groups in total. The first-order valence-electron chi connectivity index (χ1n) is 11.2. The van der Waals surface area contributed by atoms with E-state index in [2.05, 4.69) is 45.0 Å². The van der Waals surface area contributed by atoms with Crippen LogP contribution in [-0.4, -0.2) is 49.3 Å². The lowest BCUT2D eigenvalue weighted by Gasteiger charge is -2.43. The highest BCUT2D eigenvalue weighted by molar-refractivity contribution is 6.99. The van der Waals surface area contributed by atoms with E-state index in [1.165, 1.54) is 0 Å². The number of ether oxygens (including phenoxy) is 1. The van der Waals surface area contributed by atoms with Gasteiger partial charge in [-0.15, -0.1) is 0 Å². The highest BCUT2D eigenvalue weighted by atomic mass is 28.4. The largest absolute Gasteiger partial charge is 0.443 e. The number of hydrogen-bond donors (Lipinski definition) is 0. The number of rotatable bonds is 5. The van der Waals surface area contributed by atoms with Gasteiger partial charge < -0.3 is 9.16 Å². The second-order valence-electron chi connectivity index (χ2n) is 10.4. The summed E-state index contributed by atoms with van der Waals surface area (Å²) in [5, 5.41) is 1.83. The molecular weight excluding hydrogens is 434 g/mol. The van der Waals surface area contributed by atoms with Crippen LogP contribution in [0.2, 0.25) is 5.04 Å². The molecule has 1 aliphatic heterocycles. The van der Waals surface area contributed by atoms with Gasteiger partial charge in [0.15, 0.2) is 5.78 Å². The molecule has 0 bridgehead atoms. The summed E-state index contributed by atoms with van der Waals surface area (Å²) in [7, 11) is -2.92. The third-order valence-electron chi connectivity index (χ3n) is 5.74. The van der Waals surface area contributed by atoms with Gasteiger partial charge in [-0.3, -0.25) is 9.59 Å². The van der Waals surface area contributed by atoms with Crippen molar-refractivity contribution in [2.45, 2.75) is 64.6 Å². The molecule has 1 fully saturated rings. The van der Waals surface area contributed by atoms with Gasteiger partial charge in [-0.05, 0) is 36.2 Å². The van der Waals surface area contributed by atoms with Gasteiger partial charge in [-0.1, -0.05) is 81.4 Å². The predicted octanol–water partition coefficient (Wildman–Crippen LogP) is 3.67. The fraction of sp³-hybridized carbons (Fsp3) is 0.423. The second-order valence-corrected chi connectivity index (χ2v) is 14.7. The summed E-state index contributed by atoms with van der Waals surface area (Å²) in [5.74, 6) is -0.880. The monoisotopic (exact) mass is 467 g/mol. The van der Waals surface area contributed by atoms with E-state index in [0.29, 0.717) is 0 Å². The molecule has 0 radical (unpaired) electrons. The summed E-state index contributed by atoms with van der Waals surface area (Å²) in [6.45, 7) is 11.5. The van der Waals surface area contributed by atoms with E-state index in [4.69, 9.17) is 9.16 Å². The van der Waals surface area contributed by atoms with Gasteiger partial charge in [0.05, 0.1) is 13.0 Å². The summed E-state index contributed by atoms with van der Waals surface area (Å²) in [5.41, 5.74) is -0.785. The Balaban J connectivity index is 2.03. The van der Waals surface area contributed by atoms with Crippen molar-refractivity contribution in [2.75, 3.05) is 6.61 Å². The van der Waals surface area contributed by atoms with Gasteiger partial charge in [-0.25, -0.2) is 9.69 Å². The van der Waals surface area contributed by atoms with Gasteiger partial charge in [0.25, 0.3) is 8.32 Å². The molecule has 2 amide bonds. The SMILES string of the molecule is CC(C)(C)OC(=O)N1C(=O)CC(=O)[C@H]1CO[Si](c1ccccc1)(c1ccccc1)C(C)(C)C. The van der Waals surface area contributed by atoms with Crippen molar-refractivity contribution >= 4 is 36.5 Å². The van der Waals surface area contributed by atoms with E-state index < -0.39 is 32.0 Å². The van der Waals surface area contributed by atoms with Crippen LogP contribution in [0.4, 0.5) is 4.79 Å². The van der Waals surface area contributed by atoms with Gasteiger partial charge in [-0.2, -0.15) is 0 Å². The van der Waals surface area contributed by atoms with Crippen molar-refractivity contribution < 1.29 is 23.5 Å². The molecule has 1 saturated heterocycles. The number of benzene rings is 2. The van der Waals surface area contributed by atoms with Gasteiger partial charge in [0.2, 0.25) is 5.91 Å². The maximum Gasteiger partial charge on any atom is 0.417 e. The van der Waals surface area contributed by atoms with Crippen LogP contribution in [-0.2, 0) is 18.8 Å². The molecule has 0 unspecified atom stereocenters. The van der Waals surface area contributed by atoms with E-state index in [1.54, 1.807) is 20.8 Å². The quantitative estimate of drug-likeness (QED) is 0.496. The fourth-order valence-electron chi connectivity index (χ4n) is 4.34. The maximum absolute atomic E-state index is 12.8. The summed E-state index contributed by atoms with van der Waals surface area (Å²) >= 11 is 0. The summed E-state index contributed by atoms with van der Waals surface area (Å²) in [6, 6.07) is 19.0. The van der Waals surface area contributed by atoms with E-state index in [9.17, 15) is 14.4 Å². The number of imide groups is 1. The highest BCUT2D eigenvalue weighted by Gasteiger charge is 2.52. The number of ketones is 1. The smallest absolute Gasteiger partial charge is 0.417 e. The van der Waals surface area contributed by atoms with Crippen LogP contribution < -0.4 is 10.4 Å². The van der Waals surface area contributed by atoms with Crippen LogP contribution in [0.25, 0.3) is 0 Å². The van der Waals surface area contributed by atoms with Gasteiger partial charge in [0, 0.05) is 0 Å². The molecule has 2 aromatic rings. The van der Waals surface area contributed by atoms with Gasteiger partial charge in [0.1, 0.15) is 11.6 Å². The molecule has 3 rings (SSSR count). The topological polar surface area (TPSA) is 72.9 Å². The Morgan fingerprint density at radius 3 is 1.82 bits per heavy atom. The Hall–Kier alpha value is -2.77. The molecule has 7 heteroatoms. The summed E-state index contributed by atoms with van der Waals surface area (Å²) in [6.07, 6.45) is -1.14. The lowest BCUT2D eigenvalue weighted by atomic mass is 10.2. The van der Waals surface area contributed by atoms with Crippen molar-refractivity contribution in [3.05, 3.63) is 60.7 Å². The maximum atomic E-state index is 12.8. The average molecular weight is 468 g/mol.